The summed E-state index contributed by atoms with van der Waals surface area (Å²) in [5.41, 5.74) is 15.1. The van der Waals surface area contributed by atoms with Gasteiger partial charge in [-0.25, -0.2) is 0 Å². The summed E-state index contributed by atoms with van der Waals surface area (Å²) in [6.45, 7) is 6.28. The van der Waals surface area contributed by atoms with Crippen LogP contribution in [0.2, 0.25) is 0 Å². The number of para-hydroxylation sites is 4. The smallest absolute Gasteiger partial charge is 0.0541 e. The highest BCUT2D eigenvalue weighted by Crippen LogP contribution is 2.50. The van der Waals surface area contributed by atoms with Crippen molar-refractivity contribution in [2.24, 2.45) is 0 Å². The van der Waals surface area contributed by atoms with E-state index in [0.29, 0.717) is 0 Å². The molecule has 3 aromatic heterocycles. The molecule has 7 aromatic carbocycles. The fourth-order valence-electron chi connectivity index (χ4n) is 9.21. The second kappa shape index (κ2) is 13.1. The lowest BCUT2D eigenvalue weighted by Crippen LogP contribution is -2.09. The second-order valence-electron chi connectivity index (χ2n) is 14.2. The normalized spacial score (nSPS) is 11.8. The van der Waals surface area contributed by atoms with E-state index in [2.05, 4.69) is 210 Å². The van der Waals surface area contributed by atoms with Gasteiger partial charge in [0.25, 0.3) is 0 Å². The molecule has 0 N–H and O–H groups in total. The monoisotopic (exact) mass is 695 g/mol. The molecule has 0 unspecified atom stereocenters. The van der Waals surface area contributed by atoms with Gasteiger partial charge >= 0.3 is 0 Å². The highest BCUT2D eigenvalue weighted by Gasteiger charge is 2.33. The molecule has 10 rings (SSSR count). The predicted octanol–water partition coefficient (Wildman–Crippen LogP) is 13.2. The van der Waals surface area contributed by atoms with Gasteiger partial charge in [0, 0.05) is 57.3 Å². The number of hydrogen-bond acceptors (Lipinski definition) is 0. The number of rotatable bonds is 8. The van der Waals surface area contributed by atoms with E-state index in [-0.39, 0.29) is 5.92 Å². The van der Waals surface area contributed by atoms with Gasteiger partial charge in [0.2, 0.25) is 0 Å². The van der Waals surface area contributed by atoms with E-state index in [9.17, 15) is 0 Å². The molecular weight excluding hydrogens is 655 g/mol. The minimum Gasteiger partial charge on any atom is -0.341 e. The number of benzene rings is 7. The van der Waals surface area contributed by atoms with Gasteiger partial charge < -0.3 is 13.7 Å². The molecule has 0 radical (unpaired) electrons. The Morgan fingerprint density at radius 2 is 0.741 bits per heavy atom. The van der Waals surface area contributed by atoms with E-state index in [4.69, 9.17) is 0 Å². The first-order chi connectivity index (χ1) is 26.8. The number of fused-ring (bicyclic) bond motifs is 5. The van der Waals surface area contributed by atoms with Crippen molar-refractivity contribution in [2.75, 3.05) is 0 Å². The van der Waals surface area contributed by atoms with Gasteiger partial charge in [-0.3, -0.25) is 0 Å². The maximum absolute atomic E-state index is 2.53. The molecule has 0 amide bonds. The number of hydrogen-bond donors (Lipinski definition) is 0. The average molecular weight is 696 g/mol. The van der Waals surface area contributed by atoms with Crippen LogP contribution in [0.5, 0.6) is 0 Å². The van der Waals surface area contributed by atoms with Crippen LogP contribution in [0.3, 0.4) is 0 Å². The maximum atomic E-state index is 2.53. The Kier molecular flexibility index (Phi) is 7.80. The summed E-state index contributed by atoms with van der Waals surface area (Å²) in [5.74, 6) is -0.0713. The minimum atomic E-state index is -0.0713. The molecule has 0 bridgehead atoms. The summed E-state index contributed by atoms with van der Waals surface area (Å²) < 4.78 is 7.47. The standard InChI is InChI=1S/C51H41N3/c1-3-52-43-27-15-13-25-41(43)48(50(52)36-19-7-5-8-20-36)47(49-42-26-14-16-28-44(42)53(4-2)51(49)37-21-9-6-10-22-37)35-31-33-38(34-32-35)54-45-29-17-11-23-39(45)40-24-12-18-30-46(40)54/h5-34,47H,3-4H2,1-2H3. The van der Waals surface area contributed by atoms with Crippen molar-refractivity contribution in [3.8, 4) is 28.2 Å². The summed E-state index contributed by atoms with van der Waals surface area (Å²) in [5, 5.41) is 5.13. The highest BCUT2D eigenvalue weighted by atomic mass is 15.0. The topological polar surface area (TPSA) is 14.8 Å². The molecule has 54 heavy (non-hydrogen) atoms. The lowest BCUT2D eigenvalue weighted by atomic mass is 9.80. The molecule has 0 spiro atoms. The van der Waals surface area contributed by atoms with E-state index < -0.39 is 0 Å². The molecule has 0 aliphatic heterocycles. The van der Waals surface area contributed by atoms with Crippen LogP contribution in [0.25, 0.3) is 71.8 Å². The van der Waals surface area contributed by atoms with Crippen LogP contribution in [0, 0.1) is 0 Å². The molecule has 10 aromatic rings. The summed E-state index contributed by atoms with van der Waals surface area (Å²) in [4.78, 5) is 0. The maximum Gasteiger partial charge on any atom is 0.0541 e. The van der Waals surface area contributed by atoms with Crippen molar-refractivity contribution < 1.29 is 0 Å². The van der Waals surface area contributed by atoms with Crippen LogP contribution in [0.4, 0.5) is 0 Å². The number of nitrogens with zero attached hydrogens (tertiary/aromatic N) is 3. The van der Waals surface area contributed by atoms with Gasteiger partial charge in [-0.1, -0.05) is 146 Å². The van der Waals surface area contributed by atoms with Crippen LogP contribution in [0.15, 0.2) is 182 Å². The fraction of sp³-hybridized carbons (Fsp3) is 0.0980. The number of aromatic nitrogens is 3. The van der Waals surface area contributed by atoms with Crippen molar-refractivity contribution in [3.05, 3.63) is 199 Å². The molecule has 0 saturated heterocycles. The molecule has 0 fully saturated rings. The zero-order valence-electron chi connectivity index (χ0n) is 30.7. The first kappa shape index (κ1) is 32.1. The fourth-order valence-corrected chi connectivity index (χ4v) is 9.21. The Morgan fingerprint density at radius 1 is 0.370 bits per heavy atom. The lowest BCUT2D eigenvalue weighted by molar-refractivity contribution is 0.792. The van der Waals surface area contributed by atoms with Gasteiger partial charge in [0.1, 0.15) is 0 Å². The van der Waals surface area contributed by atoms with Gasteiger partial charge in [-0.05, 0) is 78.1 Å². The Bertz CT molecular complexity index is 2760. The molecular formula is C51H41N3. The largest absolute Gasteiger partial charge is 0.341 e. The predicted molar refractivity (Wildman–Crippen MR) is 228 cm³/mol. The van der Waals surface area contributed by atoms with Gasteiger partial charge in [-0.15, -0.1) is 0 Å². The molecule has 0 atom stereocenters. The summed E-state index contributed by atoms with van der Waals surface area (Å²) >= 11 is 0. The molecule has 3 nitrogen and oxygen atoms in total. The molecule has 0 aliphatic rings. The SMILES string of the molecule is CCn1c(-c2ccccc2)c(C(c2ccc(-n3c4ccccc4c4ccccc43)cc2)c2c(-c3ccccc3)n(CC)c3ccccc23)c2ccccc21. The number of aryl methyl sites for hydroxylation is 2. The Hall–Kier alpha value is -6.58. The summed E-state index contributed by atoms with van der Waals surface area (Å²) in [6.07, 6.45) is 0. The third-order valence-electron chi connectivity index (χ3n) is 11.4. The van der Waals surface area contributed by atoms with Crippen LogP contribution in [-0.2, 0) is 13.1 Å². The van der Waals surface area contributed by atoms with Crippen LogP contribution >= 0.6 is 0 Å². The van der Waals surface area contributed by atoms with Gasteiger partial charge in [0.05, 0.1) is 22.4 Å². The van der Waals surface area contributed by atoms with E-state index in [1.165, 1.54) is 82.8 Å². The molecule has 0 saturated carbocycles. The van der Waals surface area contributed by atoms with Crippen molar-refractivity contribution in [2.45, 2.75) is 32.9 Å². The highest BCUT2D eigenvalue weighted by molar-refractivity contribution is 6.09. The zero-order chi connectivity index (χ0) is 36.2. The van der Waals surface area contributed by atoms with Crippen molar-refractivity contribution in [1.29, 1.82) is 0 Å². The lowest BCUT2D eigenvalue weighted by Gasteiger charge is -2.24. The molecule has 3 heterocycles. The van der Waals surface area contributed by atoms with Crippen molar-refractivity contribution in [3.63, 3.8) is 0 Å². The minimum absolute atomic E-state index is 0.0713. The molecule has 260 valence electrons. The quantitative estimate of drug-likeness (QED) is 0.150. The van der Waals surface area contributed by atoms with Crippen molar-refractivity contribution in [1.82, 2.24) is 13.7 Å². The molecule has 0 aliphatic carbocycles. The first-order valence-corrected chi connectivity index (χ1v) is 19.2. The third-order valence-corrected chi connectivity index (χ3v) is 11.4. The Labute approximate surface area is 316 Å². The van der Waals surface area contributed by atoms with E-state index in [1.54, 1.807) is 0 Å². The van der Waals surface area contributed by atoms with Crippen LogP contribution in [0.1, 0.15) is 36.5 Å². The van der Waals surface area contributed by atoms with Crippen LogP contribution < -0.4 is 0 Å². The zero-order valence-corrected chi connectivity index (χ0v) is 30.7. The van der Waals surface area contributed by atoms with Crippen molar-refractivity contribution >= 4 is 43.6 Å². The summed E-state index contributed by atoms with van der Waals surface area (Å²) in [7, 11) is 0. The van der Waals surface area contributed by atoms with E-state index >= 15 is 0 Å². The summed E-state index contributed by atoms with van der Waals surface area (Å²) in [6, 6.07) is 67.1. The third kappa shape index (κ3) is 4.89. The Morgan fingerprint density at radius 3 is 1.17 bits per heavy atom. The second-order valence-corrected chi connectivity index (χ2v) is 14.2. The molecule has 3 heteroatoms. The van der Waals surface area contributed by atoms with Crippen LogP contribution in [-0.4, -0.2) is 13.7 Å². The first-order valence-electron chi connectivity index (χ1n) is 19.2. The van der Waals surface area contributed by atoms with E-state index in [0.717, 1.165) is 18.8 Å². The Balaban J connectivity index is 1.32. The van der Waals surface area contributed by atoms with Gasteiger partial charge in [-0.2, -0.15) is 0 Å². The average Bonchev–Trinajstić information content (AvgIpc) is 3.88. The van der Waals surface area contributed by atoms with Gasteiger partial charge in [0.15, 0.2) is 0 Å². The van der Waals surface area contributed by atoms with E-state index in [1.807, 2.05) is 0 Å².